The molecule has 1 aliphatic heterocycles. The van der Waals surface area contributed by atoms with E-state index in [9.17, 15) is 0 Å². The molecule has 0 saturated carbocycles. The average Bonchev–Trinajstić information content (AvgIpc) is 2.87. The van der Waals surface area contributed by atoms with Gasteiger partial charge in [0.05, 0.1) is 6.61 Å². The Morgan fingerprint density at radius 2 is 2.05 bits per heavy atom. The van der Waals surface area contributed by atoms with Crippen molar-refractivity contribution in [3.05, 3.63) is 5.28 Å². The first kappa shape index (κ1) is 14.3. The van der Waals surface area contributed by atoms with E-state index in [1.165, 1.54) is 25.9 Å². The Bertz CT molecular complexity index is 398. The molecule has 1 aliphatic rings. The second-order valence-electron chi connectivity index (χ2n) is 4.47. The van der Waals surface area contributed by atoms with Crippen LogP contribution in [0.4, 0.5) is 5.95 Å². The fraction of sp³-hybridized carbons (Fsp3) is 0.750. The van der Waals surface area contributed by atoms with Gasteiger partial charge in [0, 0.05) is 6.54 Å². The molecule has 6 nitrogen and oxygen atoms in total. The van der Waals surface area contributed by atoms with E-state index in [0.717, 1.165) is 19.5 Å². The molecule has 1 N–H and O–H groups in total. The monoisotopic (exact) mass is 285 g/mol. The summed E-state index contributed by atoms with van der Waals surface area (Å²) in [5.41, 5.74) is 0. The molecule has 19 heavy (non-hydrogen) atoms. The van der Waals surface area contributed by atoms with Gasteiger partial charge in [0.15, 0.2) is 0 Å². The van der Waals surface area contributed by atoms with Gasteiger partial charge in [-0.2, -0.15) is 15.0 Å². The number of halogens is 1. The van der Waals surface area contributed by atoms with Crippen molar-refractivity contribution in [2.24, 2.45) is 0 Å². The largest absolute Gasteiger partial charge is 0.464 e. The Morgan fingerprint density at radius 1 is 1.26 bits per heavy atom. The number of ether oxygens (including phenoxy) is 1. The van der Waals surface area contributed by atoms with Gasteiger partial charge in [0.25, 0.3) is 0 Å². The Balaban J connectivity index is 1.75. The molecule has 1 saturated heterocycles. The van der Waals surface area contributed by atoms with Crippen LogP contribution in [0.15, 0.2) is 0 Å². The molecule has 1 aromatic heterocycles. The first-order valence-corrected chi connectivity index (χ1v) is 7.16. The van der Waals surface area contributed by atoms with Gasteiger partial charge in [-0.3, -0.25) is 0 Å². The molecule has 2 rings (SSSR count). The maximum Gasteiger partial charge on any atom is 0.322 e. The van der Waals surface area contributed by atoms with E-state index in [4.69, 9.17) is 16.3 Å². The van der Waals surface area contributed by atoms with E-state index in [1.807, 2.05) is 6.92 Å². The Labute approximate surface area is 118 Å². The van der Waals surface area contributed by atoms with E-state index in [0.29, 0.717) is 12.6 Å². The number of hydrogen-bond donors (Lipinski definition) is 1. The van der Waals surface area contributed by atoms with Crippen molar-refractivity contribution in [1.82, 2.24) is 19.9 Å². The lowest BCUT2D eigenvalue weighted by Gasteiger charge is -2.14. The van der Waals surface area contributed by atoms with Crippen molar-refractivity contribution in [2.45, 2.75) is 26.2 Å². The number of hydrogen-bond acceptors (Lipinski definition) is 6. The first-order chi connectivity index (χ1) is 9.28. The lowest BCUT2D eigenvalue weighted by molar-refractivity contribution is 0.312. The molecule has 7 heteroatoms. The van der Waals surface area contributed by atoms with Crippen LogP contribution in [-0.2, 0) is 0 Å². The predicted molar refractivity (Wildman–Crippen MR) is 74.8 cm³/mol. The molecule has 0 unspecified atom stereocenters. The summed E-state index contributed by atoms with van der Waals surface area (Å²) < 4.78 is 5.22. The van der Waals surface area contributed by atoms with Gasteiger partial charge in [0.2, 0.25) is 11.2 Å². The third-order valence-electron chi connectivity index (χ3n) is 2.99. The third-order valence-corrected chi connectivity index (χ3v) is 3.16. The summed E-state index contributed by atoms with van der Waals surface area (Å²) in [6, 6.07) is 0.268. The average molecular weight is 286 g/mol. The number of anilines is 1. The van der Waals surface area contributed by atoms with Crippen LogP contribution >= 0.6 is 11.6 Å². The highest BCUT2D eigenvalue weighted by Crippen LogP contribution is 2.11. The summed E-state index contributed by atoms with van der Waals surface area (Å²) in [5, 5.41) is 3.31. The lowest BCUT2D eigenvalue weighted by Crippen LogP contribution is -2.22. The molecule has 0 spiro atoms. The molecule has 1 aromatic rings. The highest BCUT2D eigenvalue weighted by molar-refractivity contribution is 6.28. The predicted octanol–water partition coefficient (Wildman–Crippen LogP) is 1.82. The first-order valence-electron chi connectivity index (χ1n) is 6.78. The number of nitrogens with zero attached hydrogens (tertiary/aromatic N) is 4. The van der Waals surface area contributed by atoms with Gasteiger partial charge < -0.3 is 15.0 Å². The molecule has 0 atom stereocenters. The van der Waals surface area contributed by atoms with Crippen LogP contribution in [0.2, 0.25) is 5.28 Å². The van der Waals surface area contributed by atoms with E-state index >= 15 is 0 Å². The molecule has 0 bridgehead atoms. The van der Waals surface area contributed by atoms with Crippen molar-refractivity contribution in [1.29, 1.82) is 0 Å². The minimum atomic E-state index is 0.153. The lowest BCUT2D eigenvalue weighted by atomic mass is 10.4. The smallest absolute Gasteiger partial charge is 0.322 e. The Hall–Kier alpha value is -1.14. The topological polar surface area (TPSA) is 63.2 Å². The van der Waals surface area contributed by atoms with Crippen LogP contribution in [0.3, 0.4) is 0 Å². The van der Waals surface area contributed by atoms with Crippen molar-refractivity contribution in [2.75, 3.05) is 38.1 Å². The number of rotatable bonds is 7. The number of nitrogens with one attached hydrogen (secondary N) is 1. The van der Waals surface area contributed by atoms with E-state index in [-0.39, 0.29) is 11.3 Å². The van der Waals surface area contributed by atoms with Crippen LogP contribution in [-0.4, -0.2) is 52.6 Å². The molecule has 106 valence electrons. The SMILES string of the molecule is CCOc1nc(Cl)nc(NCCCN2CCCC2)n1. The molecular weight excluding hydrogens is 266 g/mol. The zero-order valence-electron chi connectivity index (χ0n) is 11.2. The van der Waals surface area contributed by atoms with Crippen LogP contribution < -0.4 is 10.1 Å². The highest BCUT2D eigenvalue weighted by Gasteiger charge is 2.10. The summed E-state index contributed by atoms with van der Waals surface area (Å²) in [6.45, 7) is 6.78. The molecule has 0 amide bonds. The van der Waals surface area contributed by atoms with E-state index < -0.39 is 0 Å². The van der Waals surface area contributed by atoms with Gasteiger partial charge in [-0.1, -0.05) is 0 Å². The maximum atomic E-state index is 5.81. The molecule has 0 aromatic carbocycles. The second-order valence-corrected chi connectivity index (χ2v) is 4.81. The van der Waals surface area contributed by atoms with Crippen molar-refractivity contribution < 1.29 is 4.74 Å². The summed E-state index contributed by atoms with van der Waals surface area (Å²) in [4.78, 5) is 14.5. The van der Waals surface area contributed by atoms with Gasteiger partial charge >= 0.3 is 6.01 Å². The number of aromatic nitrogens is 3. The standard InChI is InChI=1S/C12H20ClN5O/c1-2-19-12-16-10(13)15-11(17-12)14-6-5-9-18-7-3-4-8-18/h2-9H2,1H3,(H,14,15,16,17). The molecule has 1 fully saturated rings. The quantitative estimate of drug-likeness (QED) is 0.771. The van der Waals surface area contributed by atoms with E-state index in [1.54, 1.807) is 0 Å². The van der Waals surface area contributed by atoms with Crippen molar-refractivity contribution >= 4 is 17.5 Å². The van der Waals surface area contributed by atoms with Gasteiger partial charge in [0.1, 0.15) is 0 Å². The normalized spacial score (nSPS) is 15.7. The molecular formula is C12H20ClN5O. The van der Waals surface area contributed by atoms with Crippen molar-refractivity contribution in [3.8, 4) is 6.01 Å². The fourth-order valence-corrected chi connectivity index (χ4v) is 2.27. The maximum absolute atomic E-state index is 5.81. The highest BCUT2D eigenvalue weighted by atomic mass is 35.5. The minimum absolute atomic E-state index is 0.153. The molecule has 0 aliphatic carbocycles. The second kappa shape index (κ2) is 7.45. The zero-order chi connectivity index (χ0) is 13.5. The summed E-state index contributed by atoms with van der Waals surface area (Å²) in [6.07, 6.45) is 3.72. The van der Waals surface area contributed by atoms with E-state index in [2.05, 4.69) is 25.2 Å². The minimum Gasteiger partial charge on any atom is -0.464 e. The zero-order valence-corrected chi connectivity index (χ0v) is 12.0. The van der Waals surface area contributed by atoms with Crippen molar-refractivity contribution in [3.63, 3.8) is 0 Å². The molecule has 0 radical (unpaired) electrons. The third kappa shape index (κ3) is 4.80. The van der Waals surface area contributed by atoms with Crippen LogP contribution in [0.1, 0.15) is 26.2 Å². The summed E-state index contributed by atoms with van der Waals surface area (Å²) >= 11 is 5.81. The summed E-state index contributed by atoms with van der Waals surface area (Å²) in [7, 11) is 0. The summed E-state index contributed by atoms with van der Waals surface area (Å²) in [5.74, 6) is 0.477. The van der Waals surface area contributed by atoms with Gasteiger partial charge in [-0.25, -0.2) is 0 Å². The van der Waals surface area contributed by atoms with Gasteiger partial charge in [-0.05, 0) is 57.4 Å². The number of likely N-dealkylation sites (tertiary alicyclic amines) is 1. The van der Waals surface area contributed by atoms with Crippen LogP contribution in [0, 0.1) is 0 Å². The fourth-order valence-electron chi connectivity index (χ4n) is 2.11. The Kier molecular flexibility index (Phi) is 5.60. The van der Waals surface area contributed by atoms with Crippen LogP contribution in [0.25, 0.3) is 0 Å². The van der Waals surface area contributed by atoms with Crippen LogP contribution in [0.5, 0.6) is 6.01 Å². The Morgan fingerprint density at radius 3 is 2.79 bits per heavy atom. The van der Waals surface area contributed by atoms with Gasteiger partial charge in [-0.15, -0.1) is 0 Å². The molecule has 2 heterocycles.